The van der Waals surface area contributed by atoms with E-state index in [0.717, 1.165) is 0 Å². The summed E-state index contributed by atoms with van der Waals surface area (Å²) in [5.41, 5.74) is 0.527. The van der Waals surface area contributed by atoms with Gasteiger partial charge in [0.05, 0.1) is 11.7 Å². The molecule has 1 fully saturated rings. The maximum absolute atomic E-state index is 11.7. The number of carbonyl (C=O) groups excluding carboxylic acids is 1. The predicted octanol–water partition coefficient (Wildman–Crippen LogP) is -0.115. The van der Waals surface area contributed by atoms with Gasteiger partial charge in [-0.25, -0.2) is 14.8 Å². The van der Waals surface area contributed by atoms with Gasteiger partial charge in [0.1, 0.15) is 11.9 Å². The van der Waals surface area contributed by atoms with Gasteiger partial charge >= 0.3 is 5.97 Å². The van der Waals surface area contributed by atoms with Crippen molar-refractivity contribution in [2.75, 3.05) is 13.1 Å². The maximum atomic E-state index is 11.7. The van der Waals surface area contributed by atoms with E-state index in [4.69, 9.17) is 5.11 Å². The Kier molecular flexibility index (Phi) is 4.06. The number of rotatable bonds is 4. The van der Waals surface area contributed by atoms with Gasteiger partial charge in [-0.2, -0.15) is 0 Å². The molecule has 0 spiro atoms. The minimum atomic E-state index is -1.05. The summed E-state index contributed by atoms with van der Waals surface area (Å²) >= 11 is 0. The topological polar surface area (TPSA) is 95.4 Å². The quantitative estimate of drug-likeness (QED) is 0.787. The number of nitrogens with one attached hydrogen (secondary N) is 1. The Morgan fingerprint density at radius 2 is 2.42 bits per heavy atom. The van der Waals surface area contributed by atoms with E-state index in [2.05, 4.69) is 15.3 Å². The predicted molar refractivity (Wildman–Crippen MR) is 66.5 cm³/mol. The fourth-order valence-electron chi connectivity index (χ4n) is 2.25. The van der Waals surface area contributed by atoms with Crippen molar-refractivity contribution < 1.29 is 14.7 Å². The number of hydrogen-bond acceptors (Lipinski definition) is 5. The summed E-state index contributed by atoms with van der Waals surface area (Å²) in [5.74, 6) is -1.07. The zero-order valence-electron chi connectivity index (χ0n) is 10.7. The zero-order valence-corrected chi connectivity index (χ0v) is 10.7. The standard InChI is InChI=1S/C12H16N4O3/c1-2-10-11(17)14-3-4-16(10)6-9-8(12(18)19)5-13-7-15-9/h5,7,10H,2-4,6H2,1H3,(H,14,17)(H,18,19). The van der Waals surface area contributed by atoms with Crippen LogP contribution in [0.2, 0.25) is 0 Å². The smallest absolute Gasteiger partial charge is 0.339 e. The first kappa shape index (κ1) is 13.4. The molecular formula is C12H16N4O3. The van der Waals surface area contributed by atoms with Gasteiger partial charge in [-0.1, -0.05) is 6.92 Å². The van der Waals surface area contributed by atoms with Gasteiger partial charge in [0, 0.05) is 25.8 Å². The second-order valence-electron chi connectivity index (χ2n) is 4.37. The summed E-state index contributed by atoms with van der Waals surface area (Å²) in [6.45, 7) is 3.53. The Bertz CT molecular complexity index is 492. The number of carbonyl (C=O) groups is 2. The summed E-state index contributed by atoms with van der Waals surface area (Å²) in [6, 6.07) is -0.231. The van der Waals surface area contributed by atoms with Crippen molar-refractivity contribution in [1.29, 1.82) is 0 Å². The Hall–Kier alpha value is -2.02. The highest BCUT2D eigenvalue weighted by atomic mass is 16.4. The van der Waals surface area contributed by atoms with Crippen molar-refractivity contribution >= 4 is 11.9 Å². The highest BCUT2D eigenvalue weighted by Crippen LogP contribution is 2.14. The van der Waals surface area contributed by atoms with Crippen molar-refractivity contribution in [3.63, 3.8) is 0 Å². The van der Waals surface area contributed by atoms with Crippen LogP contribution in [0.4, 0.5) is 0 Å². The second kappa shape index (κ2) is 5.75. The highest BCUT2D eigenvalue weighted by molar-refractivity contribution is 5.88. The summed E-state index contributed by atoms with van der Waals surface area (Å²) in [7, 11) is 0. The minimum Gasteiger partial charge on any atom is -0.478 e. The van der Waals surface area contributed by atoms with Gasteiger partial charge in [0.2, 0.25) is 5.91 Å². The van der Waals surface area contributed by atoms with E-state index < -0.39 is 5.97 Å². The lowest BCUT2D eigenvalue weighted by Crippen LogP contribution is -2.54. The number of piperazine rings is 1. The van der Waals surface area contributed by atoms with Gasteiger partial charge in [-0.15, -0.1) is 0 Å². The van der Waals surface area contributed by atoms with Crippen LogP contribution in [-0.4, -0.2) is 51.0 Å². The van der Waals surface area contributed by atoms with Crippen LogP contribution < -0.4 is 5.32 Å². The number of nitrogens with zero attached hydrogens (tertiary/aromatic N) is 3. The normalized spacial score (nSPS) is 20.1. The molecule has 1 aromatic rings. The summed E-state index contributed by atoms with van der Waals surface area (Å²) < 4.78 is 0. The number of carboxylic acids is 1. The van der Waals surface area contributed by atoms with E-state index in [1.807, 2.05) is 11.8 Å². The number of aromatic carboxylic acids is 1. The lowest BCUT2D eigenvalue weighted by Gasteiger charge is -2.34. The molecule has 1 aromatic heterocycles. The van der Waals surface area contributed by atoms with Crippen LogP contribution in [0.25, 0.3) is 0 Å². The second-order valence-corrected chi connectivity index (χ2v) is 4.37. The first-order chi connectivity index (χ1) is 9.13. The fourth-order valence-corrected chi connectivity index (χ4v) is 2.25. The van der Waals surface area contributed by atoms with Gasteiger partial charge in [0.15, 0.2) is 0 Å². The molecule has 0 bridgehead atoms. The summed E-state index contributed by atoms with van der Waals surface area (Å²) in [6.07, 6.45) is 3.29. The largest absolute Gasteiger partial charge is 0.478 e. The molecule has 0 aliphatic carbocycles. The molecule has 1 aliphatic heterocycles. The van der Waals surface area contributed by atoms with Gasteiger partial charge < -0.3 is 10.4 Å². The lowest BCUT2D eigenvalue weighted by molar-refractivity contribution is -0.129. The molecular weight excluding hydrogens is 248 g/mol. The minimum absolute atomic E-state index is 0.0142. The van der Waals surface area contributed by atoms with Crippen molar-refractivity contribution in [3.8, 4) is 0 Å². The fraction of sp³-hybridized carbons (Fsp3) is 0.500. The Labute approximate surface area is 110 Å². The van der Waals surface area contributed by atoms with Crippen LogP contribution in [0.15, 0.2) is 12.5 Å². The number of carboxylic acid groups (broad SMARTS) is 1. The van der Waals surface area contributed by atoms with E-state index in [1.165, 1.54) is 12.5 Å². The van der Waals surface area contributed by atoms with E-state index in [1.54, 1.807) is 0 Å². The van der Waals surface area contributed by atoms with E-state index in [9.17, 15) is 9.59 Å². The zero-order chi connectivity index (χ0) is 13.8. The van der Waals surface area contributed by atoms with E-state index in [-0.39, 0.29) is 17.5 Å². The van der Waals surface area contributed by atoms with Gasteiger partial charge in [0.25, 0.3) is 0 Å². The summed E-state index contributed by atoms with van der Waals surface area (Å²) in [5, 5.41) is 11.9. The molecule has 102 valence electrons. The first-order valence-electron chi connectivity index (χ1n) is 6.17. The number of hydrogen-bond donors (Lipinski definition) is 2. The highest BCUT2D eigenvalue weighted by Gasteiger charge is 2.29. The molecule has 1 aliphatic rings. The number of aromatic nitrogens is 2. The van der Waals surface area contributed by atoms with Gasteiger partial charge in [-0.3, -0.25) is 9.69 Å². The molecule has 1 amide bonds. The third-order valence-electron chi connectivity index (χ3n) is 3.21. The molecule has 7 nitrogen and oxygen atoms in total. The molecule has 2 heterocycles. The van der Waals surface area contributed by atoms with Crippen molar-refractivity contribution in [2.24, 2.45) is 0 Å². The average molecular weight is 264 g/mol. The maximum Gasteiger partial charge on any atom is 0.339 e. The third-order valence-corrected chi connectivity index (χ3v) is 3.21. The van der Waals surface area contributed by atoms with Crippen molar-refractivity contribution in [1.82, 2.24) is 20.2 Å². The van der Waals surface area contributed by atoms with Crippen LogP contribution in [0.3, 0.4) is 0 Å². The molecule has 1 saturated heterocycles. The Morgan fingerprint density at radius 3 is 3.11 bits per heavy atom. The third kappa shape index (κ3) is 2.87. The molecule has 19 heavy (non-hydrogen) atoms. The van der Waals surface area contributed by atoms with Crippen molar-refractivity contribution in [3.05, 3.63) is 23.8 Å². The lowest BCUT2D eigenvalue weighted by atomic mass is 10.1. The Balaban J connectivity index is 2.20. The van der Waals surface area contributed by atoms with Crippen LogP contribution in [0, 0.1) is 0 Å². The van der Waals surface area contributed by atoms with Gasteiger partial charge in [-0.05, 0) is 6.42 Å². The molecule has 1 atom stereocenters. The molecule has 0 saturated carbocycles. The summed E-state index contributed by atoms with van der Waals surface area (Å²) in [4.78, 5) is 32.5. The van der Waals surface area contributed by atoms with Crippen LogP contribution in [0.1, 0.15) is 29.4 Å². The number of amides is 1. The van der Waals surface area contributed by atoms with Crippen LogP contribution >= 0.6 is 0 Å². The van der Waals surface area contributed by atoms with Crippen molar-refractivity contribution in [2.45, 2.75) is 25.9 Å². The Morgan fingerprint density at radius 1 is 1.63 bits per heavy atom. The van der Waals surface area contributed by atoms with E-state index in [0.29, 0.717) is 31.7 Å². The molecule has 1 unspecified atom stereocenters. The van der Waals surface area contributed by atoms with E-state index >= 15 is 0 Å². The average Bonchev–Trinajstić information content (AvgIpc) is 2.39. The molecule has 2 N–H and O–H groups in total. The van der Waals surface area contributed by atoms with Crippen LogP contribution in [0.5, 0.6) is 0 Å². The molecule has 2 rings (SSSR count). The monoisotopic (exact) mass is 264 g/mol. The SMILES string of the molecule is CCC1C(=O)NCCN1Cc1ncncc1C(=O)O. The first-order valence-corrected chi connectivity index (χ1v) is 6.17. The van der Waals surface area contributed by atoms with Crippen LogP contribution in [-0.2, 0) is 11.3 Å². The molecule has 0 radical (unpaired) electrons. The molecule has 7 heteroatoms. The molecule has 0 aromatic carbocycles.